The molecule has 0 aliphatic carbocycles. The molecule has 1 N–H and O–H groups in total. The fourth-order valence-electron chi connectivity index (χ4n) is 2.31. The lowest BCUT2D eigenvalue weighted by Gasteiger charge is -2.17. The van der Waals surface area contributed by atoms with Crippen LogP contribution in [0, 0.1) is 11.2 Å². The predicted molar refractivity (Wildman–Crippen MR) is 73.9 cm³/mol. The van der Waals surface area contributed by atoms with E-state index in [0.717, 1.165) is 11.1 Å². The number of hydrogen-bond donors (Lipinski definition) is 1. The van der Waals surface area contributed by atoms with Gasteiger partial charge in [0.15, 0.2) is 0 Å². The van der Waals surface area contributed by atoms with Crippen LogP contribution in [-0.4, -0.2) is 10.7 Å². The van der Waals surface area contributed by atoms with E-state index in [-0.39, 0.29) is 5.82 Å². The van der Waals surface area contributed by atoms with Gasteiger partial charge in [-0.05, 0) is 35.4 Å². The third-order valence-electron chi connectivity index (χ3n) is 3.29. The van der Waals surface area contributed by atoms with E-state index < -0.39 is 0 Å². The fraction of sp³-hybridized carbons (Fsp3) is 0.133. The maximum atomic E-state index is 13.2. The number of nitrogens with zero attached hydrogens (tertiary/aromatic N) is 1. The molecule has 1 aliphatic heterocycles. The van der Waals surface area contributed by atoms with Crippen LogP contribution in [0.5, 0.6) is 0 Å². The minimum absolute atomic E-state index is 0.295. The monoisotopic (exact) mass is 274 g/mol. The Kier molecular flexibility index (Phi) is 2.99. The highest BCUT2D eigenvalue weighted by Crippen LogP contribution is 2.25. The van der Waals surface area contributed by atoms with Crippen LogP contribution < -0.4 is 0 Å². The predicted octanol–water partition coefficient (Wildman–Crippen LogP) is 3.82. The standard InChI is InChI=1S/C15H12ClFN2/c16-12-4-1-10(2-5-12)8-19-9-11-3-6-13(17)7-14(11)15(19)18/h1-7,18H,8-9H2. The van der Waals surface area contributed by atoms with E-state index in [0.29, 0.717) is 29.5 Å². The Morgan fingerprint density at radius 2 is 1.89 bits per heavy atom. The van der Waals surface area contributed by atoms with E-state index >= 15 is 0 Å². The molecular formula is C15H12ClFN2. The molecule has 0 bridgehead atoms. The minimum Gasteiger partial charge on any atom is -0.348 e. The number of hydrogen-bond acceptors (Lipinski definition) is 1. The smallest absolute Gasteiger partial charge is 0.129 e. The van der Waals surface area contributed by atoms with Crippen LogP contribution in [-0.2, 0) is 13.1 Å². The second-order valence-corrected chi connectivity index (χ2v) is 5.07. The molecule has 2 aromatic carbocycles. The van der Waals surface area contributed by atoms with Gasteiger partial charge in [-0.25, -0.2) is 4.39 Å². The van der Waals surface area contributed by atoms with Crippen molar-refractivity contribution >= 4 is 17.4 Å². The molecule has 0 amide bonds. The number of fused-ring (bicyclic) bond motifs is 1. The van der Waals surface area contributed by atoms with Gasteiger partial charge >= 0.3 is 0 Å². The zero-order valence-corrected chi connectivity index (χ0v) is 10.9. The van der Waals surface area contributed by atoms with Crippen LogP contribution in [0.15, 0.2) is 42.5 Å². The van der Waals surface area contributed by atoms with Crippen LogP contribution in [0.1, 0.15) is 16.7 Å². The van der Waals surface area contributed by atoms with E-state index in [4.69, 9.17) is 17.0 Å². The van der Waals surface area contributed by atoms with Gasteiger partial charge in [-0.15, -0.1) is 0 Å². The third-order valence-corrected chi connectivity index (χ3v) is 3.54. The maximum absolute atomic E-state index is 13.2. The SMILES string of the molecule is N=C1c2cc(F)ccc2CN1Cc1ccc(Cl)cc1. The summed E-state index contributed by atoms with van der Waals surface area (Å²) in [6.07, 6.45) is 0. The van der Waals surface area contributed by atoms with Gasteiger partial charge in [0.2, 0.25) is 0 Å². The Labute approximate surface area is 115 Å². The van der Waals surface area contributed by atoms with Gasteiger partial charge < -0.3 is 4.90 Å². The van der Waals surface area contributed by atoms with Crippen molar-refractivity contribution in [2.24, 2.45) is 0 Å². The summed E-state index contributed by atoms with van der Waals surface area (Å²) in [5, 5.41) is 8.81. The van der Waals surface area contributed by atoms with E-state index in [1.807, 2.05) is 29.2 Å². The molecule has 0 spiro atoms. The van der Waals surface area contributed by atoms with Crippen molar-refractivity contribution in [2.75, 3.05) is 0 Å². The Morgan fingerprint density at radius 3 is 2.63 bits per heavy atom. The van der Waals surface area contributed by atoms with Crippen molar-refractivity contribution in [3.05, 3.63) is 70.0 Å². The van der Waals surface area contributed by atoms with Crippen LogP contribution in [0.4, 0.5) is 4.39 Å². The van der Waals surface area contributed by atoms with Gasteiger partial charge in [0.25, 0.3) is 0 Å². The molecule has 3 rings (SSSR count). The first kappa shape index (κ1) is 12.2. The average Bonchev–Trinajstić information content (AvgIpc) is 2.70. The Bertz CT molecular complexity index is 637. The zero-order valence-electron chi connectivity index (χ0n) is 10.2. The molecule has 19 heavy (non-hydrogen) atoms. The van der Waals surface area contributed by atoms with Gasteiger partial charge in [-0.2, -0.15) is 0 Å². The Balaban J connectivity index is 1.82. The average molecular weight is 275 g/mol. The largest absolute Gasteiger partial charge is 0.348 e. The first-order valence-corrected chi connectivity index (χ1v) is 6.38. The first-order valence-electron chi connectivity index (χ1n) is 6.00. The van der Waals surface area contributed by atoms with Gasteiger partial charge in [-0.1, -0.05) is 29.8 Å². The topological polar surface area (TPSA) is 27.1 Å². The summed E-state index contributed by atoms with van der Waals surface area (Å²) in [4.78, 5) is 1.92. The molecule has 0 aromatic heterocycles. The molecule has 1 aliphatic rings. The maximum Gasteiger partial charge on any atom is 0.129 e. The minimum atomic E-state index is -0.295. The number of rotatable bonds is 2. The highest BCUT2D eigenvalue weighted by atomic mass is 35.5. The van der Waals surface area contributed by atoms with E-state index in [9.17, 15) is 4.39 Å². The molecule has 0 atom stereocenters. The lowest BCUT2D eigenvalue weighted by atomic mass is 10.1. The second kappa shape index (κ2) is 4.67. The molecule has 96 valence electrons. The van der Waals surface area contributed by atoms with Crippen molar-refractivity contribution in [2.45, 2.75) is 13.1 Å². The molecule has 0 saturated heterocycles. The van der Waals surface area contributed by atoms with Gasteiger partial charge in [0.05, 0.1) is 0 Å². The first-order chi connectivity index (χ1) is 9.13. The van der Waals surface area contributed by atoms with E-state index in [1.54, 1.807) is 6.07 Å². The quantitative estimate of drug-likeness (QED) is 0.885. The normalized spacial score (nSPS) is 13.8. The van der Waals surface area contributed by atoms with Gasteiger partial charge in [-0.3, -0.25) is 5.41 Å². The lowest BCUT2D eigenvalue weighted by Crippen LogP contribution is -2.23. The highest BCUT2D eigenvalue weighted by molar-refractivity contribution is 6.30. The fourth-order valence-corrected chi connectivity index (χ4v) is 2.43. The molecule has 0 fully saturated rings. The van der Waals surface area contributed by atoms with E-state index in [2.05, 4.69) is 0 Å². The summed E-state index contributed by atoms with van der Waals surface area (Å²) in [6, 6.07) is 12.2. The van der Waals surface area contributed by atoms with E-state index in [1.165, 1.54) is 12.1 Å². The summed E-state index contributed by atoms with van der Waals surface area (Å²) >= 11 is 5.85. The number of nitrogens with one attached hydrogen (secondary N) is 1. The summed E-state index contributed by atoms with van der Waals surface area (Å²) < 4.78 is 13.2. The Hall–Kier alpha value is -1.87. The zero-order chi connectivity index (χ0) is 13.4. The lowest BCUT2D eigenvalue weighted by molar-refractivity contribution is 0.422. The van der Waals surface area contributed by atoms with Crippen LogP contribution in [0.2, 0.25) is 5.02 Å². The van der Waals surface area contributed by atoms with Crippen LogP contribution in [0.3, 0.4) is 0 Å². The molecule has 0 radical (unpaired) electrons. The van der Waals surface area contributed by atoms with Crippen molar-refractivity contribution in [1.82, 2.24) is 4.90 Å². The van der Waals surface area contributed by atoms with Crippen molar-refractivity contribution in [3.63, 3.8) is 0 Å². The second-order valence-electron chi connectivity index (χ2n) is 4.63. The molecule has 2 nitrogen and oxygen atoms in total. The third kappa shape index (κ3) is 2.34. The van der Waals surface area contributed by atoms with Crippen LogP contribution >= 0.6 is 11.6 Å². The van der Waals surface area contributed by atoms with Gasteiger partial charge in [0, 0.05) is 23.7 Å². The molecule has 2 aromatic rings. The van der Waals surface area contributed by atoms with Crippen LogP contribution in [0.25, 0.3) is 0 Å². The molecule has 0 saturated carbocycles. The molecular weight excluding hydrogens is 263 g/mol. The number of halogens is 2. The van der Waals surface area contributed by atoms with Crippen molar-refractivity contribution in [1.29, 1.82) is 5.41 Å². The highest BCUT2D eigenvalue weighted by Gasteiger charge is 2.24. The summed E-state index contributed by atoms with van der Waals surface area (Å²) in [5.41, 5.74) is 2.77. The van der Waals surface area contributed by atoms with Crippen molar-refractivity contribution < 1.29 is 4.39 Å². The summed E-state index contributed by atoms with van der Waals surface area (Å²) in [7, 11) is 0. The molecule has 0 unspecified atom stereocenters. The molecule has 1 heterocycles. The summed E-state index contributed by atoms with van der Waals surface area (Å²) in [6.45, 7) is 1.28. The summed E-state index contributed by atoms with van der Waals surface area (Å²) in [5.74, 6) is 0.0845. The number of benzene rings is 2. The molecule has 4 heteroatoms. The Morgan fingerprint density at radius 1 is 1.16 bits per heavy atom. The number of amidine groups is 1. The van der Waals surface area contributed by atoms with Crippen molar-refractivity contribution in [3.8, 4) is 0 Å². The van der Waals surface area contributed by atoms with Gasteiger partial charge in [0.1, 0.15) is 11.7 Å².